The Balaban J connectivity index is 1.38. The van der Waals surface area contributed by atoms with Crippen molar-refractivity contribution in [3.8, 4) is 0 Å². The zero-order valence-corrected chi connectivity index (χ0v) is 17.4. The van der Waals surface area contributed by atoms with E-state index in [1.54, 1.807) is 24.3 Å². The highest BCUT2D eigenvalue weighted by Gasteiger charge is 2.34. The van der Waals surface area contributed by atoms with E-state index in [0.29, 0.717) is 17.7 Å². The van der Waals surface area contributed by atoms with Crippen LogP contribution < -0.4 is 0 Å². The number of benzene rings is 3. The molecule has 0 fully saturated rings. The number of hydrogen-bond acceptors (Lipinski definition) is 2. The lowest BCUT2D eigenvalue weighted by Crippen LogP contribution is -2.30. The van der Waals surface area contributed by atoms with Crippen LogP contribution in [0.5, 0.6) is 0 Å². The fourth-order valence-corrected chi connectivity index (χ4v) is 3.93. The standard InChI is InChI=1S/C27H25NO2/c1-19-12-14-23(20(2)17-19)15-13-22-8-5-7-21(18-22)9-6-16-28-26(29)24-10-3-4-11-25(24)27(28)30/h3-5,7-8,10-15,17-18H,6,9,16H2,1-2H3/b15-13+. The Morgan fingerprint density at radius 3 is 2.23 bits per heavy atom. The van der Waals surface area contributed by atoms with Gasteiger partial charge in [-0.25, -0.2) is 0 Å². The number of amides is 2. The van der Waals surface area contributed by atoms with E-state index in [-0.39, 0.29) is 11.8 Å². The van der Waals surface area contributed by atoms with Crippen LogP contribution >= 0.6 is 0 Å². The van der Waals surface area contributed by atoms with Crippen molar-refractivity contribution in [2.24, 2.45) is 0 Å². The molecule has 1 aliphatic rings. The van der Waals surface area contributed by atoms with Gasteiger partial charge < -0.3 is 0 Å². The molecular formula is C27H25NO2. The van der Waals surface area contributed by atoms with Crippen molar-refractivity contribution in [1.29, 1.82) is 0 Å². The van der Waals surface area contributed by atoms with Crippen LogP contribution in [-0.4, -0.2) is 23.3 Å². The Kier molecular flexibility index (Phi) is 5.62. The van der Waals surface area contributed by atoms with Gasteiger partial charge in [-0.05, 0) is 61.1 Å². The van der Waals surface area contributed by atoms with Crippen LogP contribution in [-0.2, 0) is 6.42 Å². The molecule has 3 nitrogen and oxygen atoms in total. The first-order valence-corrected chi connectivity index (χ1v) is 10.3. The summed E-state index contributed by atoms with van der Waals surface area (Å²) in [7, 11) is 0. The van der Waals surface area contributed by atoms with E-state index in [1.807, 2.05) is 0 Å². The lowest BCUT2D eigenvalue weighted by molar-refractivity contribution is 0.0652. The number of carbonyl (C=O) groups excluding carboxylic acids is 2. The zero-order valence-electron chi connectivity index (χ0n) is 17.4. The predicted molar refractivity (Wildman–Crippen MR) is 121 cm³/mol. The van der Waals surface area contributed by atoms with Crippen molar-refractivity contribution in [2.75, 3.05) is 6.54 Å². The average molecular weight is 396 g/mol. The molecule has 0 saturated heterocycles. The maximum absolute atomic E-state index is 12.5. The molecule has 0 aliphatic carbocycles. The highest BCUT2D eigenvalue weighted by atomic mass is 16.2. The molecule has 30 heavy (non-hydrogen) atoms. The number of carbonyl (C=O) groups is 2. The SMILES string of the molecule is Cc1ccc(/C=C/c2cccc(CCCN3C(=O)c4ccccc4C3=O)c2)c(C)c1. The van der Waals surface area contributed by atoms with Gasteiger partial charge in [-0.2, -0.15) is 0 Å². The van der Waals surface area contributed by atoms with E-state index in [1.165, 1.54) is 27.2 Å². The summed E-state index contributed by atoms with van der Waals surface area (Å²) in [5.41, 5.74) is 7.13. The quantitative estimate of drug-likeness (QED) is 0.396. The third kappa shape index (κ3) is 4.11. The highest BCUT2D eigenvalue weighted by molar-refractivity contribution is 6.21. The summed E-state index contributed by atoms with van der Waals surface area (Å²) in [6.07, 6.45) is 5.84. The largest absolute Gasteiger partial charge is 0.274 e. The van der Waals surface area contributed by atoms with Gasteiger partial charge in [0.1, 0.15) is 0 Å². The number of aryl methyl sites for hydroxylation is 3. The summed E-state index contributed by atoms with van der Waals surface area (Å²) in [4.78, 5) is 26.3. The number of rotatable bonds is 6. The van der Waals surface area contributed by atoms with Crippen molar-refractivity contribution < 1.29 is 9.59 Å². The molecule has 1 aliphatic heterocycles. The number of nitrogens with zero attached hydrogens (tertiary/aromatic N) is 1. The molecule has 3 aromatic rings. The van der Waals surface area contributed by atoms with E-state index < -0.39 is 0 Å². The molecule has 1 heterocycles. The molecule has 3 heteroatoms. The van der Waals surface area contributed by atoms with E-state index in [2.05, 4.69) is 68.5 Å². The fraction of sp³-hybridized carbons (Fsp3) is 0.185. The van der Waals surface area contributed by atoms with Gasteiger partial charge in [0.05, 0.1) is 11.1 Å². The van der Waals surface area contributed by atoms with Crippen LogP contribution in [0.15, 0.2) is 66.7 Å². The Morgan fingerprint density at radius 2 is 1.53 bits per heavy atom. The number of imide groups is 1. The molecule has 0 spiro atoms. The summed E-state index contributed by atoms with van der Waals surface area (Å²) < 4.78 is 0. The second kappa shape index (κ2) is 8.50. The third-order valence-electron chi connectivity index (χ3n) is 5.56. The average Bonchev–Trinajstić information content (AvgIpc) is 2.99. The molecule has 0 aromatic heterocycles. The summed E-state index contributed by atoms with van der Waals surface area (Å²) in [6, 6.07) is 21.9. The minimum Gasteiger partial charge on any atom is -0.274 e. The van der Waals surface area contributed by atoms with Gasteiger partial charge in [-0.15, -0.1) is 0 Å². The van der Waals surface area contributed by atoms with Crippen molar-refractivity contribution in [3.05, 3.63) is 106 Å². The number of fused-ring (bicyclic) bond motifs is 1. The van der Waals surface area contributed by atoms with Gasteiger partial charge in [0.2, 0.25) is 0 Å². The van der Waals surface area contributed by atoms with Crippen molar-refractivity contribution in [1.82, 2.24) is 4.90 Å². The topological polar surface area (TPSA) is 37.4 Å². The third-order valence-corrected chi connectivity index (χ3v) is 5.56. The maximum atomic E-state index is 12.5. The first-order valence-electron chi connectivity index (χ1n) is 10.3. The van der Waals surface area contributed by atoms with E-state index in [9.17, 15) is 9.59 Å². The molecule has 2 amide bonds. The fourth-order valence-electron chi connectivity index (χ4n) is 3.93. The van der Waals surface area contributed by atoms with Crippen LogP contribution in [0.2, 0.25) is 0 Å². The minimum absolute atomic E-state index is 0.180. The van der Waals surface area contributed by atoms with E-state index in [4.69, 9.17) is 0 Å². The zero-order chi connectivity index (χ0) is 21.1. The Labute approximate surface area is 177 Å². The first kappa shape index (κ1) is 19.8. The Bertz CT molecular complexity index is 1110. The lowest BCUT2D eigenvalue weighted by Gasteiger charge is -2.13. The molecular weight excluding hydrogens is 370 g/mol. The molecule has 0 bridgehead atoms. The summed E-state index contributed by atoms with van der Waals surface area (Å²) in [5, 5.41) is 0. The monoisotopic (exact) mass is 395 g/mol. The molecule has 0 radical (unpaired) electrons. The highest BCUT2D eigenvalue weighted by Crippen LogP contribution is 2.23. The molecule has 0 N–H and O–H groups in total. The van der Waals surface area contributed by atoms with Crippen LogP contribution in [0.25, 0.3) is 12.2 Å². The lowest BCUT2D eigenvalue weighted by atomic mass is 10.0. The first-order chi connectivity index (χ1) is 14.5. The molecule has 150 valence electrons. The van der Waals surface area contributed by atoms with Crippen LogP contribution in [0.3, 0.4) is 0 Å². The second-order valence-corrected chi connectivity index (χ2v) is 7.85. The van der Waals surface area contributed by atoms with Crippen LogP contribution in [0.1, 0.15) is 55.0 Å². The predicted octanol–water partition coefficient (Wildman–Crippen LogP) is 5.70. The van der Waals surface area contributed by atoms with Gasteiger partial charge in [-0.3, -0.25) is 14.5 Å². The van der Waals surface area contributed by atoms with Crippen molar-refractivity contribution in [2.45, 2.75) is 26.7 Å². The number of hydrogen-bond donors (Lipinski definition) is 0. The van der Waals surface area contributed by atoms with Gasteiger partial charge in [0, 0.05) is 6.54 Å². The van der Waals surface area contributed by atoms with E-state index >= 15 is 0 Å². The van der Waals surface area contributed by atoms with E-state index in [0.717, 1.165) is 18.4 Å². The van der Waals surface area contributed by atoms with Crippen LogP contribution in [0, 0.1) is 13.8 Å². The molecule has 3 aromatic carbocycles. The Hall–Kier alpha value is -3.46. The van der Waals surface area contributed by atoms with Gasteiger partial charge in [0.15, 0.2) is 0 Å². The molecule has 0 unspecified atom stereocenters. The molecule has 0 saturated carbocycles. The smallest absolute Gasteiger partial charge is 0.261 e. The Morgan fingerprint density at radius 1 is 0.800 bits per heavy atom. The maximum Gasteiger partial charge on any atom is 0.261 e. The van der Waals surface area contributed by atoms with Gasteiger partial charge in [-0.1, -0.05) is 72.3 Å². The normalized spacial score (nSPS) is 13.3. The molecule has 0 atom stereocenters. The van der Waals surface area contributed by atoms with Gasteiger partial charge >= 0.3 is 0 Å². The summed E-state index contributed by atoms with van der Waals surface area (Å²) >= 11 is 0. The minimum atomic E-state index is -0.180. The summed E-state index contributed by atoms with van der Waals surface area (Å²) in [5.74, 6) is -0.360. The van der Waals surface area contributed by atoms with Crippen LogP contribution in [0.4, 0.5) is 0 Å². The van der Waals surface area contributed by atoms with Crippen molar-refractivity contribution >= 4 is 24.0 Å². The summed E-state index contributed by atoms with van der Waals surface area (Å²) in [6.45, 7) is 4.67. The van der Waals surface area contributed by atoms with Gasteiger partial charge in [0.25, 0.3) is 11.8 Å². The second-order valence-electron chi connectivity index (χ2n) is 7.85. The molecule has 4 rings (SSSR count). The van der Waals surface area contributed by atoms with Crippen molar-refractivity contribution in [3.63, 3.8) is 0 Å².